The highest BCUT2D eigenvalue weighted by atomic mass is 19.1. The van der Waals surface area contributed by atoms with Gasteiger partial charge >= 0.3 is 0 Å². The summed E-state index contributed by atoms with van der Waals surface area (Å²) in [6.45, 7) is 2.72. The Morgan fingerprint density at radius 2 is 1.61 bits per heavy atom. The van der Waals surface area contributed by atoms with Crippen LogP contribution < -0.4 is 9.91 Å². The van der Waals surface area contributed by atoms with Gasteiger partial charge in [0.1, 0.15) is 28.4 Å². The molecule has 0 unspecified atom stereocenters. The van der Waals surface area contributed by atoms with Crippen molar-refractivity contribution in [2.75, 3.05) is 36.1 Å². The third-order valence-corrected chi connectivity index (χ3v) is 5.94. The third-order valence-electron chi connectivity index (χ3n) is 5.94. The van der Waals surface area contributed by atoms with Gasteiger partial charge in [0, 0.05) is 18.5 Å². The molecule has 33 heavy (non-hydrogen) atoms. The Morgan fingerprint density at radius 3 is 2.45 bits per heavy atom. The van der Waals surface area contributed by atoms with Crippen molar-refractivity contribution in [3.05, 3.63) is 72.5 Å². The number of nitrogens with zero attached hydrogens (tertiary/aromatic N) is 7. The fraction of sp³-hybridized carbons (Fsp3) is 0.167. The highest BCUT2D eigenvalue weighted by molar-refractivity contribution is 5.91. The molecule has 164 valence electrons. The summed E-state index contributed by atoms with van der Waals surface area (Å²) in [5.74, 6) is 0.830. The summed E-state index contributed by atoms with van der Waals surface area (Å²) in [4.78, 5) is 13.3. The number of halogens is 1. The molecule has 1 N–H and O–H groups in total. The fourth-order valence-electron chi connectivity index (χ4n) is 4.27. The molecule has 0 saturated carbocycles. The zero-order valence-electron chi connectivity index (χ0n) is 17.6. The van der Waals surface area contributed by atoms with Gasteiger partial charge in [-0.05, 0) is 47.7 Å². The SMILES string of the molecule is Oc1ccccc1-c1nc(N2CCN(n3nnc4ccccc43)CC2)c2cc(F)ccc2n1. The van der Waals surface area contributed by atoms with Crippen molar-refractivity contribution in [3.63, 3.8) is 0 Å². The summed E-state index contributed by atoms with van der Waals surface area (Å²) >= 11 is 0. The molecule has 6 rings (SSSR count). The normalized spacial score (nSPS) is 14.3. The van der Waals surface area contributed by atoms with Gasteiger partial charge in [-0.3, -0.25) is 5.01 Å². The van der Waals surface area contributed by atoms with Crippen molar-refractivity contribution in [2.45, 2.75) is 0 Å². The maximum absolute atomic E-state index is 14.1. The number of aromatic hydroxyl groups is 1. The largest absolute Gasteiger partial charge is 0.507 e. The predicted octanol–water partition coefficient (Wildman–Crippen LogP) is 3.34. The molecular weight excluding hydrogens is 421 g/mol. The van der Waals surface area contributed by atoms with Crippen molar-refractivity contribution in [3.8, 4) is 17.1 Å². The summed E-state index contributed by atoms with van der Waals surface area (Å²) < 4.78 is 14.1. The number of phenols is 1. The molecule has 3 aromatic carbocycles. The van der Waals surface area contributed by atoms with Gasteiger partial charge in [0.15, 0.2) is 5.82 Å². The van der Waals surface area contributed by atoms with Crippen molar-refractivity contribution in [2.24, 2.45) is 0 Å². The van der Waals surface area contributed by atoms with Gasteiger partial charge in [-0.25, -0.2) is 14.4 Å². The standard InChI is InChI=1S/C24H20FN7O/c25-16-9-10-19-18(15-16)24(27-23(26-19)17-5-1-4-8-22(17)33)30-11-13-31(14-12-30)32-21-7-3-2-6-20(21)28-29-32/h1-10,15,33H,11-14H2. The van der Waals surface area contributed by atoms with Gasteiger partial charge in [0.2, 0.25) is 0 Å². The van der Waals surface area contributed by atoms with Crippen LogP contribution in [0.15, 0.2) is 66.7 Å². The van der Waals surface area contributed by atoms with Gasteiger partial charge in [0.25, 0.3) is 0 Å². The van der Waals surface area contributed by atoms with E-state index in [1.165, 1.54) is 12.1 Å². The second-order valence-electron chi connectivity index (χ2n) is 7.96. The van der Waals surface area contributed by atoms with Gasteiger partial charge in [-0.1, -0.05) is 24.3 Å². The molecule has 0 bridgehead atoms. The van der Waals surface area contributed by atoms with E-state index < -0.39 is 0 Å². The van der Waals surface area contributed by atoms with Gasteiger partial charge in [-0.2, -0.15) is 4.79 Å². The van der Waals surface area contributed by atoms with Crippen LogP contribution in [0.3, 0.4) is 0 Å². The smallest absolute Gasteiger partial charge is 0.165 e. The van der Waals surface area contributed by atoms with Gasteiger partial charge in [0.05, 0.1) is 24.2 Å². The zero-order chi connectivity index (χ0) is 22.4. The first-order chi connectivity index (χ1) is 16.2. The van der Waals surface area contributed by atoms with E-state index >= 15 is 0 Å². The lowest BCUT2D eigenvalue weighted by Crippen LogP contribution is -2.52. The van der Waals surface area contributed by atoms with Gasteiger partial charge in [-0.15, -0.1) is 5.10 Å². The lowest BCUT2D eigenvalue weighted by atomic mass is 10.1. The van der Waals surface area contributed by atoms with Crippen LogP contribution in [0, 0.1) is 5.82 Å². The van der Waals surface area contributed by atoms with E-state index in [1.807, 2.05) is 35.1 Å². The summed E-state index contributed by atoms with van der Waals surface area (Å²) in [7, 11) is 0. The molecule has 0 aliphatic carbocycles. The Labute approximate surface area is 188 Å². The number of benzene rings is 3. The van der Waals surface area contributed by atoms with E-state index in [4.69, 9.17) is 4.98 Å². The number of hydrogen-bond acceptors (Lipinski definition) is 7. The first kappa shape index (κ1) is 19.4. The molecule has 0 spiro atoms. The number of phenolic OH excluding ortho intramolecular Hbond substituents is 1. The molecule has 0 amide bonds. The van der Waals surface area contributed by atoms with Crippen LogP contribution in [-0.4, -0.2) is 56.4 Å². The molecule has 8 nitrogen and oxygen atoms in total. The number of rotatable bonds is 3. The molecule has 5 aromatic rings. The van der Waals surface area contributed by atoms with Crippen LogP contribution in [-0.2, 0) is 0 Å². The van der Waals surface area contributed by atoms with Crippen LogP contribution in [0.25, 0.3) is 33.3 Å². The van der Waals surface area contributed by atoms with E-state index in [2.05, 4.69) is 25.2 Å². The first-order valence-electron chi connectivity index (χ1n) is 10.7. The van der Waals surface area contributed by atoms with Crippen LogP contribution in [0.4, 0.5) is 10.2 Å². The molecule has 0 atom stereocenters. The Bertz CT molecular complexity index is 1480. The number of aromatic nitrogens is 5. The average molecular weight is 441 g/mol. The van der Waals surface area contributed by atoms with Crippen LogP contribution in [0.1, 0.15) is 0 Å². The molecule has 3 heterocycles. The second kappa shape index (κ2) is 7.70. The monoisotopic (exact) mass is 441 g/mol. The van der Waals surface area contributed by atoms with E-state index in [0.29, 0.717) is 54.3 Å². The molecule has 0 radical (unpaired) electrons. The lowest BCUT2D eigenvalue weighted by Gasteiger charge is -2.36. The minimum Gasteiger partial charge on any atom is -0.507 e. The predicted molar refractivity (Wildman–Crippen MR) is 124 cm³/mol. The lowest BCUT2D eigenvalue weighted by molar-refractivity contribution is 0.477. The maximum atomic E-state index is 14.1. The van der Waals surface area contributed by atoms with E-state index in [9.17, 15) is 9.50 Å². The molecule has 1 saturated heterocycles. The van der Waals surface area contributed by atoms with E-state index in [0.717, 1.165) is 11.0 Å². The van der Waals surface area contributed by atoms with Crippen molar-refractivity contribution in [1.82, 2.24) is 25.1 Å². The Kier molecular flexibility index (Phi) is 4.53. The number of para-hydroxylation sites is 2. The van der Waals surface area contributed by atoms with E-state index in [1.54, 1.807) is 24.3 Å². The molecule has 1 aliphatic rings. The first-order valence-corrected chi connectivity index (χ1v) is 10.7. The number of hydrogen-bond donors (Lipinski definition) is 1. The average Bonchev–Trinajstić information content (AvgIpc) is 3.28. The Hall–Kier alpha value is -4.27. The number of piperazine rings is 1. The number of anilines is 1. The highest BCUT2D eigenvalue weighted by Gasteiger charge is 2.23. The molecular formula is C24H20FN7O. The topological polar surface area (TPSA) is 83.2 Å². The highest BCUT2D eigenvalue weighted by Crippen LogP contribution is 2.32. The number of fused-ring (bicyclic) bond motifs is 2. The van der Waals surface area contributed by atoms with Crippen molar-refractivity contribution in [1.29, 1.82) is 0 Å². The Morgan fingerprint density at radius 1 is 0.818 bits per heavy atom. The fourth-order valence-corrected chi connectivity index (χ4v) is 4.27. The van der Waals surface area contributed by atoms with Crippen molar-refractivity contribution >= 4 is 27.8 Å². The molecule has 1 fully saturated rings. The zero-order valence-corrected chi connectivity index (χ0v) is 17.6. The van der Waals surface area contributed by atoms with Crippen LogP contribution in [0.2, 0.25) is 0 Å². The quantitative estimate of drug-likeness (QED) is 0.460. The summed E-state index contributed by atoms with van der Waals surface area (Å²) in [6.07, 6.45) is 0. The third kappa shape index (κ3) is 3.38. The summed E-state index contributed by atoms with van der Waals surface area (Å²) in [5.41, 5.74) is 2.98. The minimum atomic E-state index is -0.338. The van der Waals surface area contributed by atoms with E-state index in [-0.39, 0.29) is 11.6 Å². The van der Waals surface area contributed by atoms with Crippen LogP contribution >= 0.6 is 0 Å². The minimum absolute atomic E-state index is 0.104. The van der Waals surface area contributed by atoms with Crippen LogP contribution in [0.5, 0.6) is 5.75 Å². The molecule has 2 aromatic heterocycles. The summed E-state index contributed by atoms with van der Waals surface area (Å²) in [6, 6.07) is 19.3. The van der Waals surface area contributed by atoms with Crippen molar-refractivity contribution < 1.29 is 9.50 Å². The second-order valence-corrected chi connectivity index (χ2v) is 7.96. The van der Waals surface area contributed by atoms with Gasteiger partial charge < -0.3 is 10.0 Å². The summed E-state index contributed by atoms with van der Waals surface area (Å²) in [5, 5.41) is 21.7. The molecule has 9 heteroatoms. The Balaban J connectivity index is 1.36. The maximum Gasteiger partial charge on any atom is 0.165 e. The molecule has 1 aliphatic heterocycles.